The molecule has 2 N–H and O–H groups in total. The first kappa shape index (κ1) is 18.7. The predicted octanol–water partition coefficient (Wildman–Crippen LogP) is 2.94. The van der Waals surface area contributed by atoms with Crippen LogP contribution in [0, 0.1) is 0 Å². The third-order valence-corrected chi connectivity index (χ3v) is 5.60. The van der Waals surface area contributed by atoms with E-state index in [1.54, 1.807) is 0 Å². The van der Waals surface area contributed by atoms with Gasteiger partial charge in [-0.25, -0.2) is 0 Å². The van der Waals surface area contributed by atoms with E-state index in [4.69, 9.17) is 0 Å². The number of aromatic nitrogens is 2. The number of rotatable bonds is 6. The number of benzene rings is 1. The molecule has 28 heavy (non-hydrogen) atoms. The van der Waals surface area contributed by atoms with Crippen molar-refractivity contribution in [3.05, 3.63) is 66.1 Å². The minimum atomic E-state index is -0.782. The first-order valence-electron chi connectivity index (χ1n) is 9.86. The summed E-state index contributed by atoms with van der Waals surface area (Å²) >= 11 is 0. The number of aliphatic carboxylic acids is 1. The van der Waals surface area contributed by atoms with Crippen molar-refractivity contribution in [3.8, 4) is 0 Å². The van der Waals surface area contributed by atoms with Crippen LogP contribution in [0.15, 0.2) is 55.0 Å². The Morgan fingerprint density at radius 3 is 2.75 bits per heavy atom. The van der Waals surface area contributed by atoms with Gasteiger partial charge in [0.1, 0.15) is 6.04 Å². The lowest BCUT2D eigenvalue weighted by molar-refractivity contribution is -0.143. The zero-order valence-electron chi connectivity index (χ0n) is 15.9. The van der Waals surface area contributed by atoms with Crippen LogP contribution in [0.1, 0.15) is 23.6 Å². The van der Waals surface area contributed by atoms with E-state index in [1.807, 2.05) is 42.9 Å². The number of pyridine rings is 1. The van der Waals surface area contributed by atoms with Gasteiger partial charge < -0.3 is 15.0 Å². The summed E-state index contributed by atoms with van der Waals surface area (Å²) in [5, 5.41) is 11.0. The van der Waals surface area contributed by atoms with Gasteiger partial charge in [-0.2, -0.15) is 0 Å². The number of carbonyl (C=O) groups is 1. The third kappa shape index (κ3) is 4.08. The third-order valence-electron chi connectivity index (χ3n) is 5.60. The summed E-state index contributed by atoms with van der Waals surface area (Å²) in [5.74, 6) is -0.782. The van der Waals surface area contributed by atoms with Crippen molar-refractivity contribution in [2.45, 2.75) is 18.9 Å². The topological polar surface area (TPSA) is 72.5 Å². The molecule has 0 unspecified atom stereocenters. The maximum atomic E-state index is 12.2. The molecule has 0 bridgehead atoms. The number of carboxylic acids is 1. The van der Waals surface area contributed by atoms with Gasteiger partial charge in [0.05, 0.1) is 0 Å². The fraction of sp³-hybridized carbons (Fsp3) is 0.364. The number of H-pyrrole nitrogens is 1. The van der Waals surface area contributed by atoms with Crippen molar-refractivity contribution in [1.82, 2.24) is 19.8 Å². The molecule has 1 aromatic carbocycles. The van der Waals surface area contributed by atoms with E-state index in [1.165, 1.54) is 5.56 Å². The SMILES string of the molecule is O=C(O)[C@H](c1c[nH]c2ccccc12)N1CCCN(CCc2ccncc2)CC1. The Morgan fingerprint density at radius 2 is 1.93 bits per heavy atom. The van der Waals surface area contributed by atoms with Crippen molar-refractivity contribution < 1.29 is 9.90 Å². The molecule has 6 nitrogen and oxygen atoms in total. The normalized spacial score (nSPS) is 17.4. The predicted molar refractivity (Wildman–Crippen MR) is 109 cm³/mol. The Balaban J connectivity index is 1.45. The Morgan fingerprint density at radius 1 is 1.11 bits per heavy atom. The van der Waals surface area contributed by atoms with E-state index >= 15 is 0 Å². The van der Waals surface area contributed by atoms with Gasteiger partial charge in [0.15, 0.2) is 0 Å². The molecule has 0 radical (unpaired) electrons. The first-order valence-corrected chi connectivity index (χ1v) is 9.86. The van der Waals surface area contributed by atoms with Gasteiger partial charge in [0, 0.05) is 61.2 Å². The summed E-state index contributed by atoms with van der Waals surface area (Å²) in [5.41, 5.74) is 3.13. The number of carboxylic acid groups (broad SMARTS) is 1. The molecular weight excluding hydrogens is 352 g/mol. The minimum Gasteiger partial charge on any atom is -0.480 e. The maximum absolute atomic E-state index is 12.2. The Labute approximate surface area is 164 Å². The molecule has 1 atom stereocenters. The van der Waals surface area contributed by atoms with E-state index in [2.05, 4.69) is 31.9 Å². The number of nitrogens with one attached hydrogen (secondary N) is 1. The van der Waals surface area contributed by atoms with Crippen LogP contribution < -0.4 is 0 Å². The largest absolute Gasteiger partial charge is 0.480 e. The second-order valence-corrected chi connectivity index (χ2v) is 7.37. The maximum Gasteiger partial charge on any atom is 0.325 e. The molecule has 3 aromatic rings. The van der Waals surface area contributed by atoms with Crippen LogP contribution in [0.3, 0.4) is 0 Å². The van der Waals surface area contributed by atoms with E-state index in [-0.39, 0.29) is 0 Å². The summed E-state index contributed by atoms with van der Waals surface area (Å²) in [6, 6.07) is 11.4. The minimum absolute atomic E-state index is 0.615. The first-order chi connectivity index (χ1) is 13.7. The molecule has 0 saturated carbocycles. The van der Waals surface area contributed by atoms with E-state index < -0.39 is 12.0 Å². The molecule has 0 spiro atoms. The average molecular weight is 378 g/mol. The molecule has 1 fully saturated rings. The van der Waals surface area contributed by atoms with Crippen LogP contribution in [0.5, 0.6) is 0 Å². The van der Waals surface area contributed by atoms with Gasteiger partial charge in [-0.3, -0.25) is 14.7 Å². The number of hydrogen-bond acceptors (Lipinski definition) is 4. The van der Waals surface area contributed by atoms with Crippen molar-refractivity contribution in [3.63, 3.8) is 0 Å². The Hall–Kier alpha value is -2.70. The highest BCUT2D eigenvalue weighted by Crippen LogP contribution is 2.29. The van der Waals surface area contributed by atoms with Crippen LogP contribution in [0.25, 0.3) is 10.9 Å². The van der Waals surface area contributed by atoms with E-state index in [0.717, 1.165) is 62.0 Å². The molecule has 3 heterocycles. The summed E-state index contributed by atoms with van der Waals surface area (Å²) in [7, 11) is 0. The molecule has 146 valence electrons. The fourth-order valence-corrected chi connectivity index (χ4v) is 4.12. The zero-order valence-corrected chi connectivity index (χ0v) is 15.9. The molecule has 1 aliphatic heterocycles. The summed E-state index contributed by atoms with van der Waals surface area (Å²) in [6.07, 6.45) is 7.49. The standard InChI is InChI=1S/C22H26N4O2/c27-22(28)21(19-16-24-20-5-2-1-4-18(19)20)26-12-3-11-25(14-15-26)13-8-17-6-9-23-10-7-17/h1-2,4-7,9-10,16,21,24H,3,8,11-15H2,(H,27,28)/t21-/m0/s1. The van der Waals surface area contributed by atoms with Crippen LogP contribution in [0.2, 0.25) is 0 Å². The number of para-hydroxylation sites is 1. The number of hydrogen-bond donors (Lipinski definition) is 2. The highest BCUT2D eigenvalue weighted by molar-refractivity contribution is 5.89. The Bertz CT molecular complexity index is 924. The summed E-state index contributed by atoms with van der Waals surface area (Å²) in [4.78, 5) is 24.0. The van der Waals surface area contributed by atoms with Crippen molar-refractivity contribution in [2.75, 3.05) is 32.7 Å². The zero-order chi connectivity index (χ0) is 19.3. The van der Waals surface area contributed by atoms with E-state index in [0.29, 0.717) is 0 Å². The van der Waals surface area contributed by atoms with Crippen LogP contribution in [-0.4, -0.2) is 63.6 Å². The smallest absolute Gasteiger partial charge is 0.325 e. The van der Waals surface area contributed by atoms with Gasteiger partial charge in [0.2, 0.25) is 0 Å². The van der Waals surface area contributed by atoms with Gasteiger partial charge in [0.25, 0.3) is 0 Å². The molecule has 2 aromatic heterocycles. The lowest BCUT2D eigenvalue weighted by atomic mass is 10.0. The van der Waals surface area contributed by atoms with Gasteiger partial charge in [-0.1, -0.05) is 18.2 Å². The number of fused-ring (bicyclic) bond motifs is 1. The summed E-state index contributed by atoms with van der Waals surface area (Å²) < 4.78 is 0. The van der Waals surface area contributed by atoms with Gasteiger partial charge in [-0.05, 0) is 43.1 Å². The number of aromatic amines is 1. The van der Waals surface area contributed by atoms with Crippen LogP contribution in [-0.2, 0) is 11.2 Å². The van der Waals surface area contributed by atoms with Crippen LogP contribution >= 0.6 is 0 Å². The molecule has 0 amide bonds. The molecule has 1 saturated heterocycles. The fourth-order valence-electron chi connectivity index (χ4n) is 4.12. The van der Waals surface area contributed by atoms with E-state index in [9.17, 15) is 9.90 Å². The van der Waals surface area contributed by atoms with Gasteiger partial charge in [-0.15, -0.1) is 0 Å². The molecule has 6 heteroatoms. The second kappa shape index (κ2) is 8.54. The Kier molecular flexibility index (Phi) is 5.69. The molecule has 1 aliphatic rings. The lowest BCUT2D eigenvalue weighted by Gasteiger charge is -2.27. The highest BCUT2D eigenvalue weighted by atomic mass is 16.4. The highest BCUT2D eigenvalue weighted by Gasteiger charge is 2.30. The van der Waals surface area contributed by atoms with Crippen molar-refractivity contribution in [2.24, 2.45) is 0 Å². The molecule has 4 rings (SSSR count). The van der Waals surface area contributed by atoms with Crippen molar-refractivity contribution >= 4 is 16.9 Å². The summed E-state index contributed by atoms with van der Waals surface area (Å²) in [6.45, 7) is 4.43. The number of nitrogens with zero attached hydrogens (tertiary/aromatic N) is 3. The molecule has 0 aliphatic carbocycles. The van der Waals surface area contributed by atoms with Crippen LogP contribution in [0.4, 0.5) is 0 Å². The van der Waals surface area contributed by atoms with Gasteiger partial charge >= 0.3 is 5.97 Å². The quantitative estimate of drug-likeness (QED) is 0.690. The molecular formula is C22H26N4O2. The second-order valence-electron chi connectivity index (χ2n) is 7.37. The monoisotopic (exact) mass is 378 g/mol. The lowest BCUT2D eigenvalue weighted by Crippen LogP contribution is -2.37. The average Bonchev–Trinajstić information content (AvgIpc) is 2.99. The van der Waals surface area contributed by atoms with Crippen molar-refractivity contribution in [1.29, 1.82) is 0 Å².